The lowest BCUT2D eigenvalue weighted by Crippen LogP contribution is -2.20. The number of nitro benzene ring substituents is 1. The number of rotatable bonds is 6. The molecule has 0 aliphatic rings. The van der Waals surface area contributed by atoms with Crippen LogP contribution < -0.4 is 10.2 Å². The summed E-state index contributed by atoms with van der Waals surface area (Å²) in [4.78, 5) is 23.2. The Morgan fingerprint density at radius 3 is 2.34 bits per heavy atom. The van der Waals surface area contributed by atoms with Crippen molar-refractivity contribution < 1.29 is 14.5 Å². The summed E-state index contributed by atoms with van der Waals surface area (Å²) in [6.45, 7) is 0. The third kappa shape index (κ3) is 4.77. The molecule has 0 fully saturated rings. The van der Waals surface area contributed by atoms with Gasteiger partial charge in [0.15, 0.2) is 5.75 Å². The molecule has 29 heavy (non-hydrogen) atoms. The maximum atomic E-state index is 12.4. The standard InChI is InChI=1S/C21H16ClN3O4/c1-29-19-11-10-16(13-18(19)25(27)28)20(15-8-5-9-17(22)12-15)23-24-21(26)14-6-3-2-4-7-14/h2-13H,1H3,(H,24,26)/b23-20-. The Balaban J connectivity index is 2.05. The van der Waals surface area contributed by atoms with Crippen molar-refractivity contribution in [1.82, 2.24) is 5.43 Å². The average molecular weight is 410 g/mol. The molecule has 0 heterocycles. The van der Waals surface area contributed by atoms with E-state index in [1.54, 1.807) is 60.7 Å². The largest absolute Gasteiger partial charge is 0.490 e. The maximum absolute atomic E-state index is 12.4. The van der Waals surface area contributed by atoms with E-state index in [-0.39, 0.29) is 11.4 Å². The molecule has 0 atom stereocenters. The van der Waals surface area contributed by atoms with Crippen molar-refractivity contribution in [2.75, 3.05) is 7.11 Å². The smallest absolute Gasteiger partial charge is 0.311 e. The van der Waals surface area contributed by atoms with E-state index in [1.165, 1.54) is 19.2 Å². The molecule has 146 valence electrons. The highest BCUT2D eigenvalue weighted by atomic mass is 35.5. The van der Waals surface area contributed by atoms with E-state index < -0.39 is 10.8 Å². The van der Waals surface area contributed by atoms with Crippen molar-refractivity contribution in [3.63, 3.8) is 0 Å². The number of methoxy groups -OCH3 is 1. The first-order chi connectivity index (χ1) is 14.0. The second-order valence-corrected chi connectivity index (χ2v) is 6.36. The van der Waals surface area contributed by atoms with Gasteiger partial charge in [-0.1, -0.05) is 41.9 Å². The number of amides is 1. The molecule has 1 N–H and O–H groups in total. The third-order valence-electron chi connectivity index (χ3n) is 4.05. The molecule has 1 amide bonds. The van der Waals surface area contributed by atoms with Crippen LogP contribution in [0.4, 0.5) is 5.69 Å². The van der Waals surface area contributed by atoms with Gasteiger partial charge in [0.1, 0.15) is 0 Å². The van der Waals surface area contributed by atoms with Gasteiger partial charge < -0.3 is 4.74 Å². The zero-order chi connectivity index (χ0) is 20.8. The Hall–Kier alpha value is -3.71. The van der Waals surface area contributed by atoms with Gasteiger partial charge in [0, 0.05) is 27.8 Å². The van der Waals surface area contributed by atoms with E-state index in [0.717, 1.165) is 0 Å². The zero-order valence-electron chi connectivity index (χ0n) is 15.3. The number of hydrazone groups is 1. The van der Waals surface area contributed by atoms with Crippen LogP contribution in [0.1, 0.15) is 21.5 Å². The molecule has 7 nitrogen and oxygen atoms in total. The van der Waals surface area contributed by atoms with Gasteiger partial charge in [0.2, 0.25) is 0 Å². The minimum absolute atomic E-state index is 0.123. The molecule has 3 rings (SSSR count). The highest BCUT2D eigenvalue weighted by Crippen LogP contribution is 2.29. The van der Waals surface area contributed by atoms with Gasteiger partial charge in [-0.25, -0.2) is 5.43 Å². The molecule has 8 heteroatoms. The van der Waals surface area contributed by atoms with Crippen LogP contribution in [0.5, 0.6) is 5.75 Å². The lowest BCUT2D eigenvalue weighted by Gasteiger charge is -2.10. The molecule has 0 aromatic heterocycles. The number of nitro groups is 1. The Kier molecular flexibility index (Phi) is 6.21. The van der Waals surface area contributed by atoms with Crippen LogP contribution in [0.25, 0.3) is 0 Å². The highest BCUT2D eigenvalue weighted by Gasteiger charge is 2.19. The van der Waals surface area contributed by atoms with Crippen molar-refractivity contribution in [3.8, 4) is 5.75 Å². The molecule has 0 spiro atoms. The average Bonchev–Trinajstić information content (AvgIpc) is 2.74. The summed E-state index contributed by atoms with van der Waals surface area (Å²) in [6, 6.07) is 19.9. The normalized spacial score (nSPS) is 11.0. The van der Waals surface area contributed by atoms with Gasteiger partial charge in [-0.2, -0.15) is 5.10 Å². The molecule has 0 aliphatic carbocycles. The van der Waals surface area contributed by atoms with E-state index in [0.29, 0.717) is 27.4 Å². The van der Waals surface area contributed by atoms with Crippen LogP contribution in [0.2, 0.25) is 5.02 Å². The van der Waals surface area contributed by atoms with E-state index >= 15 is 0 Å². The molecule has 0 bridgehead atoms. The van der Waals surface area contributed by atoms with E-state index in [1.807, 2.05) is 0 Å². The summed E-state index contributed by atoms with van der Waals surface area (Å²) in [5.74, 6) is -0.286. The molecule has 0 radical (unpaired) electrons. The van der Waals surface area contributed by atoms with Crippen LogP contribution in [0.3, 0.4) is 0 Å². The van der Waals surface area contributed by atoms with Crippen LogP contribution >= 0.6 is 11.6 Å². The van der Waals surface area contributed by atoms with Crippen LogP contribution in [0.15, 0.2) is 77.9 Å². The van der Waals surface area contributed by atoms with Crippen molar-refractivity contribution in [3.05, 3.63) is 105 Å². The van der Waals surface area contributed by atoms with E-state index in [4.69, 9.17) is 16.3 Å². The summed E-state index contributed by atoms with van der Waals surface area (Å²) < 4.78 is 5.05. The van der Waals surface area contributed by atoms with Crippen molar-refractivity contribution in [2.24, 2.45) is 5.10 Å². The summed E-state index contributed by atoms with van der Waals surface area (Å²) in [6.07, 6.45) is 0. The van der Waals surface area contributed by atoms with E-state index in [9.17, 15) is 14.9 Å². The first-order valence-corrected chi connectivity index (χ1v) is 8.89. The van der Waals surface area contributed by atoms with Gasteiger partial charge in [-0.3, -0.25) is 14.9 Å². The number of carbonyl (C=O) groups is 1. The Morgan fingerprint density at radius 2 is 1.69 bits per heavy atom. The zero-order valence-corrected chi connectivity index (χ0v) is 16.1. The quantitative estimate of drug-likeness (QED) is 0.370. The fraction of sp³-hybridized carbons (Fsp3) is 0.0476. The number of ether oxygens (including phenoxy) is 1. The minimum Gasteiger partial charge on any atom is -0.490 e. The Morgan fingerprint density at radius 1 is 1.00 bits per heavy atom. The molecule has 3 aromatic carbocycles. The number of nitrogens with one attached hydrogen (secondary N) is 1. The van der Waals surface area contributed by atoms with Gasteiger partial charge in [0.25, 0.3) is 5.91 Å². The molecular formula is C21H16ClN3O4. The number of benzene rings is 3. The van der Waals surface area contributed by atoms with Gasteiger partial charge in [0.05, 0.1) is 17.7 Å². The lowest BCUT2D eigenvalue weighted by atomic mass is 10.0. The number of hydrogen-bond acceptors (Lipinski definition) is 5. The monoisotopic (exact) mass is 409 g/mol. The van der Waals surface area contributed by atoms with Crippen molar-refractivity contribution >= 4 is 28.9 Å². The van der Waals surface area contributed by atoms with Gasteiger partial charge in [-0.05, 0) is 36.4 Å². The lowest BCUT2D eigenvalue weighted by molar-refractivity contribution is -0.385. The molecule has 0 unspecified atom stereocenters. The van der Waals surface area contributed by atoms with Crippen molar-refractivity contribution in [2.45, 2.75) is 0 Å². The Labute approximate surface area is 171 Å². The number of nitrogens with zero attached hydrogens (tertiary/aromatic N) is 2. The minimum atomic E-state index is -0.541. The second kappa shape index (κ2) is 8.99. The highest BCUT2D eigenvalue weighted by molar-refractivity contribution is 6.31. The second-order valence-electron chi connectivity index (χ2n) is 5.92. The van der Waals surface area contributed by atoms with Crippen LogP contribution in [-0.4, -0.2) is 23.7 Å². The number of carbonyl (C=O) groups excluding carboxylic acids is 1. The third-order valence-corrected chi connectivity index (χ3v) is 4.29. The fourth-order valence-electron chi connectivity index (χ4n) is 2.67. The van der Waals surface area contributed by atoms with Crippen LogP contribution in [-0.2, 0) is 0 Å². The van der Waals surface area contributed by atoms with Gasteiger partial charge >= 0.3 is 5.69 Å². The summed E-state index contributed by atoms with van der Waals surface area (Å²) in [5, 5.41) is 16.1. The number of halogens is 1. The maximum Gasteiger partial charge on any atom is 0.311 e. The topological polar surface area (TPSA) is 93.8 Å². The van der Waals surface area contributed by atoms with Gasteiger partial charge in [-0.15, -0.1) is 0 Å². The summed E-state index contributed by atoms with van der Waals surface area (Å²) >= 11 is 6.09. The molecule has 3 aromatic rings. The SMILES string of the molecule is COc1ccc(/C(=N\NC(=O)c2ccccc2)c2cccc(Cl)c2)cc1[N+](=O)[O-]. The molecule has 0 saturated heterocycles. The molecule has 0 saturated carbocycles. The number of hydrogen-bond donors (Lipinski definition) is 1. The summed E-state index contributed by atoms with van der Waals surface area (Å²) in [5.41, 5.74) is 4.05. The first-order valence-electron chi connectivity index (χ1n) is 8.51. The Bertz CT molecular complexity index is 1080. The van der Waals surface area contributed by atoms with Crippen molar-refractivity contribution in [1.29, 1.82) is 0 Å². The summed E-state index contributed by atoms with van der Waals surface area (Å²) in [7, 11) is 1.36. The fourth-order valence-corrected chi connectivity index (χ4v) is 2.86. The van der Waals surface area contributed by atoms with Crippen LogP contribution in [0, 0.1) is 10.1 Å². The predicted octanol–water partition coefficient (Wildman–Crippen LogP) is 4.44. The van der Waals surface area contributed by atoms with E-state index in [2.05, 4.69) is 10.5 Å². The predicted molar refractivity (Wildman–Crippen MR) is 111 cm³/mol. The molecular weight excluding hydrogens is 394 g/mol. The molecule has 0 aliphatic heterocycles. The first kappa shape index (κ1) is 20.0.